The topological polar surface area (TPSA) is 55.4 Å². The van der Waals surface area contributed by atoms with E-state index < -0.39 is 0 Å². The number of nitrogens with one attached hydrogen (secondary N) is 1. The number of amides is 1. The fourth-order valence-electron chi connectivity index (χ4n) is 3.82. The van der Waals surface area contributed by atoms with Gasteiger partial charge in [0, 0.05) is 15.4 Å². The number of anilines is 1. The van der Waals surface area contributed by atoms with Crippen molar-refractivity contribution in [2.75, 3.05) is 11.9 Å². The molecular weight excluding hydrogens is 426 g/mol. The molecule has 0 heterocycles. The summed E-state index contributed by atoms with van der Waals surface area (Å²) in [6.45, 7) is -0.234. The summed E-state index contributed by atoms with van der Waals surface area (Å²) in [6.07, 6.45) is 5.45. The third-order valence-electron chi connectivity index (χ3n) is 4.88. The van der Waals surface area contributed by atoms with Crippen molar-refractivity contribution in [3.63, 3.8) is 0 Å². The van der Waals surface area contributed by atoms with Crippen molar-refractivity contribution in [1.29, 1.82) is 0 Å². The Bertz CT molecular complexity index is 620. The standard InChI is InChI=1S/C17H19Br2NO3/c18-13-3-4-15(14(19)8-13)20-16(21)9-23-17(22)7-12-6-10-1-2-11(12)5-10/h3-4,8,10-12H,1-2,5-7,9H2,(H,20,21)/t10-,11-,12-/m0/s1. The van der Waals surface area contributed by atoms with Gasteiger partial charge in [-0.3, -0.25) is 9.59 Å². The molecule has 1 aromatic carbocycles. The molecule has 2 bridgehead atoms. The summed E-state index contributed by atoms with van der Waals surface area (Å²) in [4.78, 5) is 23.8. The maximum Gasteiger partial charge on any atom is 0.306 e. The second-order valence-electron chi connectivity index (χ2n) is 6.47. The molecule has 0 radical (unpaired) electrons. The molecule has 6 heteroatoms. The Morgan fingerprint density at radius 1 is 1.22 bits per heavy atom. The van der Waals surface area contributed by atoms with Gasteiger partial charge in [0.15, 0.2) is 6.61 Å². The first-order valence-corrected chi connectivity index (χ1v) is 9.50. The lowest BCUT2D eigenvalue weighted by Crippen LogP contribution is -2.23. The van der Waals surface area contributed by atoms with Gasteiger partial charge in [-0.25, -0.2) is 0 Å². The van der Waals surface area contributed by atoms with E-state index in [0.29, 0.717) is 23.9 Å². The lowest BCUT2D eigenvalue weighted by molar-refractivity contribution is -0.148. The Kier molecular flexibility index (Phi) is 5.42. The molecule has 124 valence electrons. The van der Waals surface area contributed by atoms with Gasteiger partial charge >= 0.3 is 5.97 Å². The van der Waals surface area contributed by atoms with E-state index in [-0.39, 0.29) is 18.5 Å². The smallest absolute Gasteiger partial charge is 0.306 e. The van der Waals surface area contributed by atoms with Gasteiger partial charge in [-0.15, -0.1) is 0 Å². The van der Waals surface area contributed by atoms with E-state index in [4.69, 9.17) is 4.74 Å². The van der Waals surface area contributed by atoms with Crippen molar-refractivity contribution < 1.29 is 14.3 Å². The highest BCUT2D eigenvalue weighted by atomic mass is 79.9. The number of fused-ring (bicyclic) bond motifs is 2. The molecule has 4 nitrogen and oxygen atoms in total. The summed E-state index contributed by atoms with van der Waals surface area (Å²) in [5, 5.41) is 2.73. The first-order valence-electron chi connectivity index (χ1n) is 7.92. The second-order valence-corrected chi connectivity index (χ2v) is 8.24. The number of benzene rings is 1. The summed E-state index contributed by atoms with van der Waals surface area (Å²) in [6, 6.07) is 5.46. The van der Waals surface area contributed by atoms with Crippen molar-refractivity contribution >= 4 is 49.4 Å². The Hall–Kier alpha value is -0.880. The van der Waals surface area contributed by atoms with Gasteiger partial charge in [-0.1, -0.05) is 22.4 Å². The molecule has 3 rings (SSSR count). The predicted octanol–water partition coefficient (Wildman–Crippen LogP) is 4.52. The van der Waals surface area contributed by atoms with Crippen LogP contribution in [-0.2, 0) is 14.3 Å². The van der Waals surface area contributed by atoms with Crippen LogP contribution in [0, 0.1) is 17.8 Å². The van der Waals surface area contributed by atoms with Crippen LogP contribution < -0.4 is 5.32 Å². The number of hydrogen-bond acceptors (Lipinski definition) is 3. The molecule has 2 fully saturated rings. The van der Waals surface area contributed by atoms with E-state index in [1.807, 2.05) is 12.1 Å². The second kappa shape index (κ2) is 7.34. The molecule has 0 spiro atoms. The first-order chi connectivity index (χ1) is 11.0. The van der Waals surface area contributed by atoms with Gasteiger partial charge in [0.2, 0.25) is 0 Å². The summed E-state index contributed by atoms with van der Waals surface area (Å²) >= 11 is 6.74. The average Bonchev–Trinajstić information content (AvgIpc) is 3.11. The van der Waals surface area contributed by atoms with Crippen molar-refractivity contribution in [3.05, 3.63) is 27.1 Å². The quantitative estimate of drug-likeness (QED) is 0.679. The van der Waals surface area contributed by atoms with E-state index in [0.717, 1.165) is 21.3 Å². The summed E-state index contributed by atoms with van der Waals surface area (Å²) in [5.74, 6) is 1.39. The third kappa shape index (κ3) is 4.35. The van der Waals surface area contributed by atoms with Crippen LogP contribution in [0.5, 0.6) is 0 Å². The largest absolute Gasteiger partial charge is 0.456 e. The lowest BCUT2D eigenvalue weighted by atomic mass is 9.86. The van der Waals surface area contributed by atoms with E-state index in [9.17, 15) is 9.59 Å². The van der Waals surface area contributed by atoms with Crippen LogP contribution in [0.1, 0.15) is 32.1 Å². The number of esters is 1. The molecule has 2 aliphatic rings. The minimum absolute atomic E-state index is 0.234. The lowest BCUT2D eigenvalue weighted by Gasteiger charge is -2.20. The zero-order valence-electron chi connectivity index (χ0n) is 12.7. The van der Waals surface area contributed by atoms with Crippen LogP contribution in [0.4, 0.5) is 5.69 Å². The van der Waals surface area contributed by atoms with Gasteiger partial charge < -0.3 is 10.1 Å². The van der Waals surface area contributed by atoms with Crippen molar-refractivity contribution in [2.45, 2.75) is 32.1 Å². The average molecular weight is 445 g/mol. The zero-order chi connectivity index (χ0) is 16.4. The molecule has 1 N–H and O–H groups in total. The summed E-state index contributed by atoms with van der Waals surface area (Å²) < 4.78 is 6.82. The van der Waals surface area contributed by atoms with Crippen molar-refractivity contribution in [1.82, 2.24) is 0 Å². The fraction of sp³-hybridized carbons (Fsp3) is 0.529. The van der Waals surface area contributed by atoms with E-state index in [1.54, 1.807) is 6.07 Å². The number of ether oxygens (including phenoxy) is 1. The Balaban J connectivity index is 1.42. The predicted molar refractivity (Wildman–Crippen MR) is 95.0 cm³/mol. The van der Waals surface area contributed by atoms with Crippen LogP contribution in [0.15, 0.2) is 27.1 Å². The summed E-state index contributed by atoms with van der Waals surface area (Å²) in [7, 11) is 0. The van der Waals surface area contributed by atoms with Gasteiger partial charge in [0.1, 0.15) is 0 Å². The van der Waals surface area contributed by atoms with Gasteiger partial charge in [-0.2, -0.15) is 0 Å². The monoisotopic (exact) mass is 443 g/mol. The minimum Gasteiger partial charge on any atom is -0.456 e. The highest BCUT2D eigenvalue weighted by Crippen LogP contribution is 2.49. The Morgan fingerprint density at radius 2 is 2.04 bits per heavy atom. The summed E-state index contributed by atoms with van der Waals surface area (Å²) in [5.41, 5.74) is 0.655. The third-order valence-corrected chi connectivity index (χ3v) is 6.03. The van der Waals surface area contributed by atoms with Crippen LogP contribution >= 0.6 is 31.9 Å². The van der Waals surface area contributed by atoms with E-state index >= 15 is 0 Å². The number of carbonyl (C=O) groups is 2. The molecular formula is C17H19Br2NO3. The van der Waals surface area contributed by atoms with Crippen LogP contribution in [-0.4, -0.2) is 18.5 Å². The van der Waals surface area contributed by atoms with Gasteiger partial charge in [-0.05, 0) is 71.1 Å². The highest BCUT2D eigenvalue weighted by molar-refractivity contribution is 9.11. The first kappa shape index (κ1) is 17.0. The minimum atomic E-state index is -0.325. The molecule has 2 saturated carbocycles. The maximum atomic E-state index is 11.9. The fourth-order valence-corrected chi connectivity index (χ4v) is 4.97. The normalized spacial score (nSPS) is 25.4. The Labute approximate surface area is 152 Å². The maximum absolute atomic E-state index is 11.9. The SMILES string of the molecule is O=C(COC(=O)C[C@@H]1C[C@H]2CC[C@H]1C2)Nc1ccc(Br)cc1Br. The number of carbonyl (C=O) groups excluding carboxylic acids is 2. The number of rotatable bonds is 5. The molecule has 0 unspecified atom stereocenters. The molecule has 0 aliphatic heterocycles. The van der Waals surface area contributed by atoms with E-state index in [2.05, 4.69) is 37.2 Å². The number of halogens is 2. The van der Waals surface area contributed by atoms with E-state index in [1.165, 1.54) is 19.3 Å². The highest BCUT2D eigenvalue weighted by Gasteiger charge is 2.40. The molecule has 0 aromatic heterocycles. The van der Waals surface area contributed by atoms with Crippen molar-refractivity contribution in [2.24, 2.45) is 17.8 Å². The van der Waals surface area contributed by atoms with Crippen LogP contribution in [0.25, 0.3) is 0 Å². The van der Waals surface area contributed by atoms with Crippen molar-refractivity contribution in [3.8, 4) is 0 Å². The molecule has 1 aromatic rings. The number of hydrogen-bond donors (Lipinski definition) is 1. The molecule has 3 atom stereocenters. The molecule has 2 aliphatic carbocycles. The molecule has 23 heavy (non-hydrogen) atoms. The van der Waals surface area contributed by atoms with Crippen LogP contribution in [0.3, 0.4) is 0 Å². The molecule has 0 saturated heterocycles. The van der Waals surface area contributed by atoms with Crippen LogP contribution in [0.2, 0.25) is 0 Å². The van der Waals surface area contributed by atoms with Gasteiger partial charge in [0.05, 0.1) is 5.69 Å². The zero-order valence-corrected chi connectivity index (χ0v) is 15.9. The van der Waals surface area contributed by atoms with Gasteiger partial charge in [0.25, 0.3) is 5.91 Å². The Morgan fingerprint density at radius 3 is 2.70 bits per heavy atom. The molecule has 1 amide bonds.